The molecule has 0 radical (unpaired) electrons. The quantitative estimate of drug-likeness (QED) is 0.143. The number of piperazine rings is 1. The Morgan fingerprint density at radius 3 is 2.46 bits per heavy atom. The Bertz CT molecular complexity index is 2180. The SMILES string of the molecule is CCc1cc(N2C(S)N(c3cnc(C#N)c(C(F)(F)F)c3)C(=O)C23CCC3)ccc1OCCN1CCN(CC(=O)Nc2cc(Cl)cc(NC3CCC(=O)NC3=O)c2)CC1. The molecule has 3 N–H and O–H groups in total. The highest BCUT2D eigenvalue weighted by Crippen LogP contribution is 2.51. The average Bonchev–Trinajstić information content (AvgIpc) is 3.42. The van der Waals surface area contributed by atoms with Crippen molar-refractivity contribution in [2.24, 2.45) is 0 Å². The minimum absolute atomic E-state index is 0.0795. The van der Waals surface area contributed by atoms with Gasteiger partial charge >= 0.3 is 6.18 Å². The first-order valence-corrected chi connectivity index (χ1v) is 20.3. The number of nitrogens with one attached hydrogen (secondary N) is 3. The zero-order valence-corrected chi connectivity index (χ0v) is 33.8. The summed E-state index contributed by atoms with van der Waals surface area (Å²) in [5.41, 5.74) is -1.30. The lowest BCUT2D eigenvalue weighted by molar-refractivity contribution is -0.138. The van der Waals surface area contributed by atoms with Crippen molar-refractivity contribution in [2.45, 2.75) is 68.7 Å². The normalized spacial score (nSPS) is 20.9. The molecule has 59 heavy (non-hydrogen) atoms. The van der Waals surface area contributed by atoms with Crippen LogP contribution in [0.4, 0.5) is 35.9 Å². The van der Waals surface area contributed by atoms with E-state index in [1.807, 2.05) is 30.0 Å². The summed E-state index contributed by atoms with van der Waals surface area (Å²) in [4.78, 5) is 61.7. The maximum absolute atomic E-state index is 14.0. The highest BCUT2D eigenvalue weighted by atomic mass is 35.5. The maximum atomic E-state index is 14.0. The summed E-state index contributed by atoms with van der Waals surface area (Å²) in [7, 11) is 0. The largest absolute Gasteiger partial charge is 0.492 e. The van der Waals surface area contributed by atoms with E-state index in [1.165, 1.54) is 11.0 Å². The predicted molar refractivity (Wildman–Crippen MR) is 217 cm³/mol. The number of nitriles is 1. The monoisotopic (exact) mass is 853 g/mol. The Hall–Kier alpha value is -5.09. The standard InChI is InChI=1S/C40H43ClF3N9O5S/c1-2-24-16-28(53-38(59)52(37(57)39(53)8-3-9-39)29-20-30(40(42,43)44)32(21-45)46-22-29)4-6-33(24)58-15-14-50-10-12-51(13-11-50)23-35(55)48-27-18-25(41)17-26(19-27)47-31-5-7-34(54)49-36(31)56/h4,6,16-20,22,31,38,47,59H,2-3,5,7-15,23H2,1H3,(H,48,55)(H,49,54,56). The molecular weight excluding hydrogens is 811 g/mol. The number of pyridine rings is 1. The summed E-state index contributed by atoms with van der Waals surface area (Å²) in [6, 6.07) is 12.3. The number of carbonyl (C=O) groups is 4. The Labute approximate surface area is 349 Å². The van der Waals surface area contributed by atoms with Crippen molar-refractivity contribution in [3.8, 4) is 11.8 Å². The van der Waals surface area contributed by atoms with Gasteiger partial charge in [-0.05, 0) is 80.1 Å². The highest BCUT2D eigenvalue weighted by molar-refractivity contribution is 7.81. The number of benzene rings is 2. The molecule has 3 aromatic rings. The number of ether oxygens (including phenoxy) is 1. The van der Waals surface area contributed by atoms with Gasteiger partial charge in [0, 0.05) is 61.2 Å². The van der Waals surface area contributed by atoms with Crippen molar-refractivity contribution in [2.75, 3.05) is 66.3 Å². The van der Waals surface area contributed by atoms with Crippen molar-refractivity contribution in [1.29, 1.82) is 5.26 Å². The van der Waals surface area contributed by atoms with E-state index in [2.05, 4.69) is 30.7 Å². The first kappa shape index (κ1) is 42.0. The van der Waals surface area contributed by atoms with E-state index in [9.17, 15) is 37.6 Å². The van der Waals surface area contributed by atoms with Gasteiger partial charge in [-0.25, -0.2) is 4.98 Å². The van der Waals surface area contributed by atoms with Gasteiger partial charge in [-0.2, -0.15) is 18.4 Å². The molecule has 14 nitrogen and oxygen atoms in total. The fourth-order valence-electron chi connectivity index (χ4n) is 8.03. The Kier molecular flexibility index (Phi) is 12.3. The zero-order valence-electron chi connectivity index (χ0n) is 32.1. The highest BCUT2D eigenvalue weighted by Gasteiger charge is 2.60. The molecule has 1 aromatic heterocycles. The Balaban J connectivity index is 0.914. The molecule has 0 bridgehead atoms. The molecule has 1 saturated carbocycles. The number of anilines is 4. The molecule has 4 heterocycles. The average molecular weight is 854 g/mol. The fraction of sp³-hybridized carbons (Fsp3) is 0.450. The number of hydrogen-bond donors (Lipinski definition) is 4. The molecule has 4 fully saturated rings. The molecule has 7 rings (SSSR count). The van der Waals surface area contributed by atoms with Crippen molar-refractivity contribution in [1.82, 2.24) is 20.1 Å². The molecule has 1 aliphatic carbocycles. The second kappa shape index (κ2) is 17.3. The van der Waals surface area contributed by atoms with Gasteiger partial charge in [-0.3, -0.25) is 39.2 Å². The van der Waals surface area contributed by atoms with Gasteiger partial charge in [0.15, 0.2) is 11.2 Å². The van der Waals surface area contributed by atoms with Crippen LogP contribution in [0.3, 0.4) is 0 Å². The van der Waals surface area contributed by atoms with Crippen LogP contribution >= 0.6 is 24.2 Å². The Morgan fingerprint density at radius 1 is 1.07 bits per heavy atom. The van der Waals surface area contributed by atoms with Gasteiger partial charge in [0.2, 0.25) is 17.7 Å². The van der Waals surface area contributed by atoms with E-state index in [1.54, 1.807) is 18.2 Å². The molecule has 2 atom stereocenters. The van der Waals surface area contributed by atoms with Crippen LogP contribution in [0.15, 0.2) is 48.7 Å². The van der Waals surface area contributed by atoms with Crippen LogP contribution in [0.5, 0.6) is 5.75 Å². The number of carbonyl (C=O) groups excluding carboxylic acids is 4. The van der Waals surface area contributed by atoms with Crippen LogP contribution in [-0.4, -0.2) is 101 Å². The van der Waals surface area contributed by atoms with Gasteiger partial charge in [0.1, 0.15) is 30.0 Å². The molecule has 2 unspecified atom stereocenters. The lowest BCUT2D eigenvalue weighted by atomic mass is 9.75. The summed E-state index contributed by atoms with van der Waals surface area (Å²) in [5.74, 6) is -0.587. The number of amides is 4. The fourth-order valence-corrected chi connectivity index (χ4v) is 8.85. The molecule has 3 aliphatic heterocycles. The lowest BCUT2D eigenvalue weighted by Gasteiger charge is -2.44. The number of aryl methyl sites for hydroxylation is 1. The van der Waals surface area contributed by atoms with Crippen LogP contribution in [0.2, 0.25) is 5.02 Å². The molecule has 1 spiro atoms. The number of halogens is 4. The topological polar surface area (TPSA) is 163 Å². The van der Waals surface area contributed by atoms with E-state index in [4.69, 9.17) is 29.0 Å². The van der Waals surface area contributed by atoms with Crippen LogP contribution in [0.1, 0.15) is 55.8 Å². The second-order valence-corrected chi connectivity index (χ2v) is 15.9. The summed E-state index contributed by atoms with van der Waals surface area (Å²) in [6.45, 7) is 6.07. The van der Waals surface area contributed by atoms with E-state index in [0.717, 1.165) is 37.3 Å². The van der Waals surface area contributed by atoms with Gasteiger partial charge in [0.05, 0.1) is 24.0 Å². The third-order valence-corrected chi connectivity index (χ3v) is 11.9. The molecule has 4 aliphatic rings. The number of piperidine rings is 1. The number of imide groups is 1. The lowest BCUT2D eigenvalue weighted by Crippen LogP contribution is -2.55. The van der Waals surface area contributed by atoms with Crippen molar-refractivity contribution in [3.63, 3.8) is 0 Å². The summed E-state index contributed by atoms with van der Waals surface area (Å²) < 4.78 is 47.7. The smallest absolute Gasteiger partial charge is 0.419 e. The number of aromatic nitrogens is 1. The molecule has 3 saturated heterocycles. The minimum Gasteiger partial charge on any atom is -0.492 e. The van der Waals surface area contributed by atoms with Crippen molar-refractivity contribution in [3.05, 3.63) is 70.5 Å². The molecular formula is C40H43ClF3N9O5S. The number of thiol groups is 1. The molecule has 2 aromatic carbocycles. The number of rotatable bonds is 12. The van der Waals surface area contributed by atoms with E-state index in [0.29, 0.717) is 79.8 Å². The zero-order chi connectivity index (χ0) is 42.1. The van der Waals surface area contributed by atoms with Crippen molar-refractivity contribution < 1.29 is 37.1 Å². The minimum atomic E-state index is -4.83. The van der Waals surface area contributed by atoms with Crippen LogP contribution in [0, 0.1) is 11.3 Å². The van der Waals surface area contributed by atoms with Gasteiger partial charge in [-0.1, -0.05) is 18.5 Å². The summed E-state index contributed by atoms with van der Waals surface area (Å²) in [6.07, 6.45) is -0.697. The van der Waals surface area contributed by atoms with Crippen LogP contribution in [0.25, 0.3) is 0 Å². The van der Waals surface area contributed by atoms with Gasteiger partial charge in [0.25, 0.3) is 5.91 Å². The molecule has 312 valence electrons. The Morgan fingerprint density at radius 2 is 1.80 bits per heavy atom. The third-order valence-electron chi connectivity index (χ3n) is 11.2. The predicted octanol–water partition coefficient (Wildman–Crippen LogP) is 5.03. The number of nitrogens with zero attached hydrogens (tertiary/aromatic N) is 6. The second-order valence-electron chi connectivity index (χ2n) is 15.0. The number of hydrogen-bond acceptors (Lipinski definition) is 12. The summed E-state index contributed by atoms with van der Waals surface area (Å²) >= 11 is 11.1. The van der Waals surface area contributed by atoms with Crippen LogP contribution in [-0.2, 0) is 31.8 Å². The van der Waals surface area contributed by atoms with E-state index < -0.39 is 40.4 Å². The van der Waals surface area contributed by atoms with Crippen molar-refractivity contribution >= 4 is 70.6 Å². The first-order chi connectivity index (χ1) is 28.2. The van der Waals surface area contributed by atoms with Crippen LogP contribution < -0.4 is 30.5 Å². The van der Waals surface area contributed by atoms with Gasteiger partial charge in [-0.15, -0.1) is 12.6 Å². The van der Waals surface area contributed by atoms with Gasteiger partial charge < -0.3 is 20.3 Å². The van der Waals surface area contributed by atoms with E-state index in [-0.39, 0.29) is 36.4 Å². The van der Waals surface area contributed by atoms with E-state index >= 15 is 0 Å². The summed E-state index contributed by atoms with van der Waals surface area (Å²) in [5, 5.41) is 17.9. The molecule has 4 amide bonds. The number of alkyl halides is 3. The third kappa shape index (κ3) is 8.93. The first-order valence-electron chi connectivity index (χ1n) is 19.4. The maximum Gasteiger partial charge on any atom is 0.419 e. The molecule has 19 heteroatoms.